The quantitative estimate of drug-likeness (QED) is 0.705. The Morgan fingerprint density at radius 2 is 2.00 bits per heavy atom. The van der Waals surface area contributed by atoms with Crippen LogP contribution < -0.4 is 5.32 Å². The van der Waals surface area contributed by atoms with Crippen molar-refractivity contribution in [2.45, 2.75) is 64.3 Å². The van der Waals surface area contributed by atoms with Crippen LogP contribution in [0.2, 0.25) is 0 Å². The monoisotopic (exact) mass is 225 g/mol. The van der Waals surface area contributed by atoms with Crippen molar-refractivity contribution in [2.75, 3.05) is 13.2 Å². The van der Waals surface area contributed by atoms with Gasteiger partial charge in [0.25, 0.3) is 0 Å². The molecule has 0 radical (unpaired) electrons. The van der Waals surface area contributed by atoms with Gasteiger partial charge in [-0.15, -0.1) is 0 Å². The Kier molecular flexibility index (Phi) is 4.26. The van der Waals surface area contributed by atoms with Gasteiger partial charge in [0.15, 0.2) is 0 Å². The first kappa shape index (κ1) is 12.4. The lowest BCUT2D eigenvalue weighted by atomic mass is 10.0. The summed E-state index contributed by atoms with van der Waals surface area (Å²) >= 11 is 0. The maximum atomic E-state index is 9.03. The molecule has 2 rings (SSSR count). The highest BCUT2D eigenvalue weighted by Crippen LogP contribution is 2.48. The molecule has 16 heavy (non-hydrogen) atoms. The molecule has 0 aliphatic heterocycles. The predicted molar refractivity (Wildman–Crippen MR) is 67.4 cm³/mol. The van der Waals surface area contributed by atoms with Gasteiger partial charge in [0.1, 0.15) is 0 Å². The van der Waals surface area contributed by atoms with E-state index in [4.69, 9.17) is 5.11 Å². The second kappa shape index (κ2) is 5.50. The van der Waals surface area contributed by atoms with Crippen LogP contribution in [0.5, 0.6) is 0 Å². The normalized spacial score (nSPS) is 33.4. The highest BCUT2D eigenvalue weighted by molar-refractivity contribution is 4.95. The van der Waals surface area contributed by atoms with Crippen molar-refractivity contribution in [3.63, 3.8) is 0 Å². The number of nitrogens with one attached hydrogen (secondary N) is 1. The first-order chi connectivity index (χ1) is 7.74. The van der Waals surface area contributed by atoms with Gasteiger partial charge in [-0.25, -0.2) is 0 Å². The number of rotatable bonds is 5. The zero-order valence-corrected chi connectivity index (χ0v) is 10.7. The van der Waals surface area contributed by atoms with Crippen LogP contribution in [-0.4, -0.2) is 24.3 Å². The second-order valence-electron chi connectivity index (χ2n) is 6.16. The average Bonchev–Trinajstić information content (AvgIpc) is 3.03. The molecule has 94 valence electrons. The Balaban J connectivity index is 1.69. The SMILES string of the molecule is CC1CCCC(NCC2(CCO)CC2)CC1. The van der Waals surface area contributed by atoms with Crippen molar-refractivity contribution in [3.8, 4) is 0 Å². The minimum Gasteiger partial charge on any atom is -0.396 e. The van der Waals surface area contributed by atoms with Crippen LogP contribution in [-0.2, 0) is 0 Å². The summed E-state index contributed by atoms with van der Waals surface area (Å²) in [6, 6.07) is 0.751. The molecule has 0 aromatic rings. The summed E-state index contributed by atoms with van der Waals surface area (Å²) in [5, 5.41) is 12.8. The molecule has 2 fully saturated rings. The molecule has 2 saturated carbocycles. The summed E-state index contributed by atoms with van der Waals surface area (Å²) < 4.78 is 0. The number of hydrogen-bond donors (Lipinski definition) is 2. The van der Waals surface area contributed by atoms with E-state index in [9.17, 15) is 0 Å². The number of aliphatic hydroxyl groups excluding tert-OH is 1. The van der Waals surface area contributed by atoms with Gasteiger partial charge in [0, 0.05) is 19.2 Å². The molecule has 2 aliphatic rings. The van der Waals surface area contributed by atoms with E-state index in [0.29, 0.717) is 12.0 Å². The van der Waals surface area contributed by atoms with Gasteiger partial charge in [0.05, 0.1) is 0 Å². The fourth-order valence-corrected chi connectivity index (χ4v) is 2.98. The van der Waals surface area contributed by atoms with E-state index < -0.39 is 0 Å². The predicted octanol–water partition coefficient (Wildman–Crippen LogP) is 2.71. The van der Waals surface area contributed by atoms with E-state index in [-0.39, 0.29) is 0 Å². The van der Waals surface area contributed by atoms with Crippen LogP contribution in [0.4, 0.5) is 0 Å². The van der Waals surface area contributed by atoms with Crippen molar-refractivity contribution < 1.29 is 5.11 Å². The average molecular weight is 225 g/mol. The largest absolute Gasteiger partial charge is 0.396 e. The lowest BCUT2D eigenvalue weighted by Gasteiger charge is -2.21. The van der Waals surface area contributed by atoms with Crippen LogP contribution in [0.15, 0.2) is 0 Å². The van der Waals surface area contributed by atoms with Crippen LogP contribution in [0.1, 0.15) is 58.3 Å². The molecular formula is C14H27NO. The van der Waals surface area contributed by atoms with Gasteiger partial charge in [-0.2, -0.15) is 0 Å². The van der Waals surface area contributed by atoms with Crippen LogP contribution in [0.3, 0.4) is 0 Å². The molecule has 0 spiro atoms. The Morgan fingerprint density at radius 3 is 2.69 bits per heavy atom. The molecule has 2 nitrogen and oxygen atoms in total. The summed E-state index contributed by atoms with van der Waals surface area (Å²) in [7, 11) is 0. The van der Waals surface area contributed by atoms with Crippen molar-refractivity contribution in [1.82, 2.24) is 5.32 Å². The van der Waals surface area contributed by atoms with E-state index in [1.165, 1.54) is 44.9 Å². The Bertz CT molecular complexity index is 213. The maximum Gasteiger partial charge on any atom is 0.0436 e. The fraction of sp³-hybridized carbons (Fsp3) is 1.00. The molecule has 2 unspecified atom stereocenters. The minimum atomic E-state index is 0.364. The molecule has 2 atom stereocenters. The first-order valence-electron chi connectivity index (χ1n) is 7.08. The summed E-state index contributed by atoms with van der Waals surface area (Å²) in [5.74, 6) is 0.930. The van der Waals surface area contributed by atoms with E-state index >= 15 is 0 Å². The fourth-order valence-electron chi connectivity index (χ4n) is 2.98. The zero-order chi connectivity index (χ0) is 11.4. The Labute approximate surface area is 99.8 Å². The molecule has 0 aromatic heterocycles. The lowest BCUT2D eigenvalue weighted by Crippen LogP contribution is -2.34. The molecule has 0 saturated heterocycles. The standard InChI is InChI=1S/C14H27NO/c1-12-3-2-4-13(6-5-12)15-11-14(7-8-14)9-10-16/h12-13,15-16H,2-11H2,1H3. The van der Waals surface area contributed by atoms with Gasteiger partial charge in [-0.1, -0.05) is 19.8 Å². The van der Waals surface area contributed by atoms with Crippen molar-refractivity contribution >= 4 is 0 Å². The molecule has 0 bridgehead atoms. The molecule has 0 aromatic carbocycles. The summed E-state index contributed by atoms with van der Waals surface area (Å²) in [4.78, 5) is 0. The van der Waals surface area contributed by atoms with Crippen LogP contribution in [0.25, 0.3) is 0 Å². The molecule has 0 amide bonds. The van der Waals surface area contributed by atoms with Crippen molar-refractivity contribution in [1.29, 1.82) is 0 Å². The first-order valence-corrected chi connectivity index (χ1v) is 7.08. The minimum absolute atomic E-state index is 0.364. The topological polar surface area (TPSA) is 32.3 Å². The van der Waals surface area contributed by atoms with Crippen LogP contribution >= 0.6 is 0 Å². The van der Waals surface area contributed by atoms with Gasteiger partial charge >= 0.3 is 0 Å². The van der Waals surface area contributed by atoms with Gasteiger partial charge in [-0.3, -0.25) is 0 Å². The summed E-state index contributed by atoms with van der Waals surface area (Å²) in [6.07, 6.45) is 10.6. The van der Waals surface area contributed by atoms with Crippen molar-refractivity contribution in [2.24, 2.45) is 11.3 Å². The highest BCUT2D eigenvalue weighted by Gasteiger charge is 2.41. The van der Waals surface area contributed by atoms with E-state index in [1.54, 1.807) is 0 Å². The zero-order valence-electron chi connectivity index (χ0n) is 10.7. The third kappa shape index (κ3) is 3.46. The Hall–Kier alpha value is -0.0800. The molecule has 0 heterocycles. The smallest absolute Gasteiger partial charge is 0.0436 e. The highest BCUT2D eigenvalue weighted by atomic mass is 16.3. The number of aliphatic hydroxyl groups is 1. The molecular weight excluding hydrogens is 198 g/mol. The third-order valence-electron chi connectivity index (χ3n) is 4.62. The maximum absolute atomic E-state index is 9.03. The van der Waals surface area contributed by atoms with Gasteiger partial charge in [-0.05, 0) is 49.9 Å². The lowest BCUT2D eigenvalue weighted by molar-refractivity contribution is 0.240. The van der Waals surface area contributed by atoms with Gasteiger partial charge in [0.2, 0.25) is 0 Å². The Morgan fingerprint density at radius 1 is 1.19 bits per heavy atom. The summed E-state index contributed by atoms with van der Waals surface area (Å²) in [6.45, 7) is 3.90. The number of hydrogen-bond acceptors (Lipinski definition) is 2. The molecule has 2 N–H and O–H groups in total. The van der Waals surface area contributed by atoms with Crippen molar-refractivity contribution in [3.05, 3.63) is 0 Å². The van der Waals surface area contributed by atoms with Gasteiger partial charge < -0.3 is 10.4 Å². The molecule has 2 heteroatoms. The van der Waals surface area contributed by atoms with E-state index in [1.807, 2.05) is 0 Å². The third-order valence-corrected chi connectivity index (χ3v) is 4.62. The van der Waals surface area contributed by atoms with E-state index in [0.717, 1.165) is 24.9 Å². The molecule has 2 aliphatic carbocycles. The van der Waals surface area contributed by atoms with Crippen LogP contribution in [0, 0.1) is 11.3 Å². The van der Waals surface area contributed by atoms with E-state index in [2.05, 4.69) is 12.2 Å². The summed E-state index contributed by atoms with van der Waals surface area (Å²) in [5.41, 5.74) is 0.479. The second-order valence-corrected chi connectivity index (χ2v) is 6.16.